The molecule has 0 saturated carbocycles. The quantitative estimate of drug-likeness (QED) is 0.503. The molecule has 0 saturated heterocycles. The minimum absolute atomic E-state index is 1.01. The van der Waals surface area contributed by atoms with Gasteiger partial charge in [0, 0.05) is 35.2 Å². The van der Waals surface area contributed by atoms with Crippen LogP contribution in [0.2, 0.25) is 0 Å². The zero-order valence-corrected chi connectivity index (χ0v) is 13.4. The van der Waals surface area contributed by atoms with Gasteiger partial charge in [0.25, 0.3) is 0 Å². The first kappa shape index (κ1) is 13.8. The Morgan fingerprint density at radius 1 is 0.957 bits per heavy atom. The smallest absolute Gasteiger partial charge is 0.0711 e. The van der Waals surface area contributed by atoms with Crippen LogP contribution in [0, 0.1) is 6.92 Å². The van der Waals surface area contributed by atoms with Crippen molar-refractivity contribution in [2.75, 3.05) is 0 Å². The Kier molecular flexibility index (Phi) is 3.05. The summed E-state index contributed by atoms with van der Waals surface area (Å²) in [7, 11) is 2.07. The predicted octanol–water partition coefficient (Wildman–Crippen LogP) is 5.10. The Morgan fingerprint density at radius 3 is 2.65 bits per heavy atom. The lowest BCUT2D eigenvalue weighted by Crippen LogP contribution is -1.94. The molecule has 2 heteroatoms. The van der Waals surface area contributed by atoms with E-state index in [2.05, 4.69) is 77.9 Å². The summed E-state index contributed by atoms with van der Waals surface area (Å²) in [4.78, 5) is 4.63. The minimum Gasteiger partial charge on any atom is -0.351 e. The second kappa shape index (κ2) is 5.10. The highest BCUT2D eigenvalue weighted by Crippen LogP contribution is 2.32. The van der Waals surface area contributed by atoms with E-state index >= 15 is 0 Å². The molecule has 112 valence electrons. The third kappa shape index (κ3) is 2.15. The van der Waals surface area contributed by atoms with E-state index in [4.69, 9.17) is 0 Å². The molecule has 0 radical (unpaired) electrons. The minimum atomic E-state index is 1.01. The van der Waals surface area contributed by atoms with Gasteiger partial charge in [-0.2, -0.15) is 0 Å². The Hall–Kier alpha value is -2.87. The van der Waals surface area contributed by atoms with E-state index in [1.54, 1.807) is 0 Å². The van der Waals surface area contributed by atoms with Crippen LogP contribution in [0.25, 0.3) is 27.4 Å². The number of para-hydroxylation sites is 1. The van der Waals surface area contributed by atoms with Gasteiger partial charge in [0.2, 0.25) is 0 Å². The standard InChI is InChI=1S/C21H18N2/c1-14-13-19(17-7-4-5-9-20(17)22-14)15(2)16-8-6-10-21-18(16)11-12-23(21)3/h4-13H,2H2,1,3H3. The first-order chi connectivity index (χ1) is 11.1. The Balaban J connectivity index is 1.99. The van der Waals surface area contributed by atoms with Crippen LogP contribution in [0.1, 0.15) is 16.8 Å². The molecule has 0 N–H and O–H groups in total. The van der Waals surface area contributed by atoms with Crippen LogP contribution in [0.15, 0.2) is 67.4 Å². The summed E-state index contributed by atoms with van der Waals surface area (Å²) < 4.78 is 2.14. The van der Waals surface area contributed by atoms with Crippen molar-refractivity contribution in [3.05, 3.63) is 84.2 Å². The molecule has 0 aliphatic heterocycles. The maximum absolute atomic E-state index is 4.63. The SMILES string of the molecule is C=C(c1cc(C)nc2ccccc12)c1cccc2c1ccn2C. The highest BCUT2D eigenvalue weighted by atomic mass is 14.9. The normalized spacial score (nSPS) is 11.2. The maximum atomic E-state index is 4.63. The summed E-state index contributed by atoms with van der Waals surface area (Å²) in [5.41, 5.74) is 6.63. The molecule has 0 atom stereocenters. The van der Waals surface area contributed by atoms with Gasteiger partial charge < -0.3 is 4.57 Å². The monoisotopic (exact) mass is 298 g/mol. The number of aryl methyl sites for hydroxylation is 2. The van der Waals surface area contributed by atoms with Gasteiger partial charge in [0.05, 0.1) is 5.52 Å². The third-order valence-corrected chi connectivity index (χ3v) is 4.42. The Bertz CT molecular complexity index is 1050. The van der Waals surface area contributed by atoms with Gasteiger partial charge in [-0.1, -0.05) is 36.9 Å². The molecule has 0 aliphatic carbocycles. The molecule has 0 amide bonds. The van der Waals surface area contributed by atoms with Crippen LogP contribution in [0.3, 0.4) is 0 Å². The van der Waals surface area contributed by atoms with Gasteiger partial charge in [-0.15, -0.1) is 0 Å². The van der Waals surface area contributed by atoms with Crippen LogP contribution in [-0.4, -0.2) is 9.55 Å². The Labute approximate surface area is 135 Å². The van der Waals surface area contributed by atoms with Crippen LogP contribution in [0.4, 0.5) is 0 Å². The van der Waals surface area contributed by atoms with Crippen molar-refractivity contribution in [2.24, 2.45) is 7.05 Å². The topological polar surface area (TPSA) is 17.8 Å². The second-order valence-electron chi connectivity index (χ2n) is 5.97. The molecule has 2 heterocycles. The number of fused-ring (bicyclic) bond motifs is 2. The van der Waals surface area contributed by atoms with Gasteiger partial charge in [-0.3, -0.25) is 4.98 Å². The fourth-order valence-corrected chi connectivity index (χ4v) is 3.27. The van der Waals surface area contributed by atoms with Crippen molar-refractivity contribution >= 4 is 27.4 Å². The molecule has 0 spiro atoms. The highest BCUT2D eigenvalue weighted by molar-refractivity contribution is 6.02. The van der Waals surface area contributed by atoms with E-state index in [0.717, 1.165) is 27.7 Å². The van der Waals surface area contributed by atoms with E-state index in [0.29, 0.717) is 0 Å². The van der Waals surface area contributed by atoms with E-state index in [9.17, 15) is 0 Å². The molecule has 0 bridgehead atoms. The van der Waals surface area contributed by atoms with E-state index in [1.807, 2.05) is 13.0 Å². The van der Waals surface area contributed by atoms with Gasteiger partial charge in [-0.05, 0) is 47.9 Å². The molecule has 2 aromatic heterocycles. The largest absolute Gasteiger partial charge is 0.351 e. The molecule has 0 aliphatic rings. The molecular formula is C21H18N2. The predicted molar refractivity (Wildman–Crippen MR) is 97.5 cm³/mol. The molecule has 23 heavy (non-hydrogen) atoms. The summed E-state index contributed by atoms with van der Waals surface area (Å²) in [5.74, 6) is 0. The van der Waals surface area contributed by atoms with Gasteiger partial charge in [-0.25, -0.2) is 0 Å². The molecule has 4 aromatic rings. The second-order valence-corrected chi connectivity index (χ2v) is 5.97. The number of rotatable bonds is 2. The van der Waals surface area contributed by atoms with Crippen LogP contribution in [-0.2, 0) is 7.05 Å². The fourth-order valence-electron chi connectivity index (χ4n) is 3.27. The molecule has 0 unspecified atom stereocenters. The van der Waals surface area contributed by atoms with Crippen molar-refractivity contribution in [2.45, 2.75) is 6.92 Å². The summed E-state index contributed by atoms with van der Waals surface area (Å²) in [5, 5.41) is 2.38. The van der Waals surface area contributed by atoms with E-state index in [1.165, 1.54) is 16.5 Å². The van der Waals surface area contributed by atoms with Crippen molar-refractivity contribution in [3.8, 4) is 0 Å². The van der Waals surface area contributed by atoms with Crippen LogP contribution in [0.5, 0.6) is 0 Å². The third-order valence-electron chi connectivity index (χ3n) is 4.42. The Morgan fingerprint density at radius 2 is 1.78 bits per heavy atom. The number of benzene rings is 2. The number of pyridine rings is 1. The molecular weight excluding hydrogens is 280 g/mol. The number of nitrogens with zero attached hydrogens (tertiary/aromatic N) is 2. The van der Waals surface area contributed by atoms with E-state index in [-0.39, 0.29) is 0 Å². The first-order valence-electron chi connectivity index (χ1n) is 7.75. The van der Waals surface area contributed by atoms with Gasteiger partial charge >= 0.3 is 0 Å². The number of hydrogen-bond acceptors (Lipinski definition) is 1. The van der Waals surface area contributed by atoms with E-state index < -0.39 is 0 Å². The number of hydrogen-bond donors (Lipinski definition) is 0. The number of aromatic nitrogens is 2. The zero-order valence-electron chi connectivity index (χ0n) is 13.4. The van der Waals surface area contributed by atoms with Crippen molar-refractivity contribution in [1.82, 2.24) is 9.55 Å². The summed E-state index contributed by atoms with van der Waals surface area (Å²) in [6, 6.07) is 18.9. The summed E-state index contributed by atoms with van der Waals surface area (Å²) in [6.45, 7) is 6.44. The first-order valence-corrected chi connectivity index (χ1v) is 7.75. The van der Waals surface area contributed by atoms with Crippen LogP contribution >= 0.6 is 0 Å². The average molecular weight is 298 g/mol. The lowest BCUT2D eigenvalue weighted by atomic mass is 9.94. The lowest BCUT2D eigenvalue weighted by molar-refractivity contribution is 0.969. The van der Waals surface area contributed by atoms with Crippen molar-refractivity contribution < 1.29 is 0 Å². The van der Waals surface area contributed by atoms with Gasteiger partial charge in [0.15, 0.2) is 0 Å². The van der Waals surface area contributed by atoms with Crippen molar-refractivity contribution in [3.63, 3.8) is 0 Å². The highest BCUT2D eigenvalue weighted by Gasteiger charge is 2.12. The fraction of sp³-hybridized carbons (Fsp3) is 0.0952. The molecule has 2 aromatic carbocycles. The summed E-state index contributed by atoms with van der Waals surface area (Å²) >= 11 is 0. The molecule has 2 nitrogen and oxygen atoms in total. The summed E-state index contributed by atoms with van der Waals surface area (Å²) in [6.07, 6.45) is 2.09. The average Bonchev–Trinajstić information content (AvgIpc) is 2.95. The molecule has 0 fully saturated rings. The van der Waals surface area contributed by atoms with Crippen molar-refractivity contribution in [1.29, 1.82) is 0 Å². The van der Waals surface area contributed by atoms with Crippen LogP contribution < -0.4 is 0 Å². The lowest BCUT2D eigenvalue weighted by Gasteiger charge is -2.12. The maximum Gasteiger partial charge on any atom is 0.0711 e. The zero-order chi connectivity index (χ0) is 16.0. The van der Waals surface area contributed by atoms with Gasteiger partial charge in [0.1, 0.15) is 0 Å². The molecule has 4 rings (SSSR count).